The van der Waals surface area contributed by atoms with E-state index >= 15 is 0 Å². The van der Waals surface area contributed by atoms with Crippen molar-refractivity contribution in [1.82, 2.24) is 19.6 Å². The number of nitrogens with zero attached hydrogens (tertiary/aromatic N) is 3. The zero-order valence-electron chi connectivity index (χ0n) is 23.3. The first kappa shape index (κ1) is 28.4. The van der Waals surface area contributed by atoms with Gasteiger partial charge in [-0.1, -0.05) is 19.1 Å². The second kappa shape index (κ2) is 11.9. The van der Waals surface area contributed by atoms with Gasteiger partial charge in [0.15, 0.2) is 11.2 Å². The largest absolute Gasteiger partial charge is 0.760 e. The number of hydrogen-bond acceptors (Lipinski definition) is 7. The summed E-state index contributed by atoms with van der Waals surface area (Å²) in [6.45, 7) is 2.31. The molecule has 0 aliphatic carbocycles. The van der Waals surface area contributed by atoms with E-state index in [9.17, 15) is 17.9 Å². The van der Waals surface area contributed by atoms with Crippen molar-refractivity contribution >= 4 is 39.4 Å². The molecule has 3 aromatic carbocycles. The Labute approximate surface area is 248 Å². The van der Waals surface area contributed by atoms with Crippen LogP contribution in [0.2, 0.25) is 0 Å². The number of fused-ring (bicyclic) bond motifs is 2. The monoisotopic (exact) mass is 597 g/mol. The third kappa shape index (κ3) is 5.57. The third-order valence-electron chi connectivity index (χ3n) is 7.09. The molecule has 218 valence electrons. The van der Waals surface area contributed by atoms with E-state index in [0.717, 1.165) is 5.56 Å². The van der Waals surface area contributed by atoms with Crippen molar-refractivity contribution < 1.29 is 26.8 Å². The van der Waals surface area contributed by atoms with Crippen LogP contribution in [-0.2, 0) is 17.8 Å². The lowest BCUT2D eigenvalue weighted by molar-refractivity contribution is 0.0964. The molecule has 1 unspecified atom stereocenters. The van der Waals surface area contributed by atoms with Gasteiger partial charge in [0, 0.05) is 54.1 Å². The SMILES string of the molecule is CCCN(Cc1cc2oc(-c3ccc(F)cc3)c(C(=O)NC)c2cc1-c1cccc(-c2nc3ncccc3o2)c1)S(=O)[O-]. The Kier molecular flexibility index (Phi) is 7.85. The average molecular weight is 598 g/mol. The molecule has 0 aliphatic heterocycles. The molecular formula is C32H26FN4O5S-. The van der Waals surface area contributed by atoms with Crippen molar-refractivity contribution in [3.8, 4) is 33.9 Å². The van der Waals surface area contributed by atoms with Crippen LogP contribution in [0.1, 0.15) is 29.3 Å². The normalized spacial score (nSPS) is 12.3. The lowest BCUT2D eigenvalue weighted by atomic mass is 9.94. The number of benzene rings is 3. The van der Waals surface area contributed by atoms with Crippen LogP contribution < -0.4 is 5.32 Å². The van der Waals surface area contributed by atoms with E-state index in [2.05, 4.69) is 15.3 Å². The molecular weight excluding hydrogens is 571 g/mol. The van der Waals surface area contributed by atoms with Gasteiger partial charge in [-0.3, -0.25) is 9.00 Å². The predicted molar refractivity (Wildman–Crippen MR) is 161 cm³/mol. The lowest BCUT2D eigenvalue weighted by Gasteiger charge is -2.25. The van der Waals surface area contributed by atoms with Gasteiger partial charge >= 0.3 is 0 Å². The van der Waals surface area contributed by atoms with Crippen LogP contribution in [-0.4, -0.2) is 42.5 Å². The first-order valence-corrected chi connectivity index (χ1v) is 14.6. The number of hydrogen-bond donors (Lipinski definition) is 1. The maximum atomic E-state index is 13.7. The summed E-state index contributed by atoms with van der Waals surface area (Å²) in [5.41, 5.74) is 5.08. The number of aromatic nitrogens is 2. The van der Waals surface area contributed by atoms with Crippen LogP contribution in [0.4, 0.5) is 4.39 Å². The summed E-state index contributed by atoms with van der Waals surface area (Å²) < 4.78 is 51.5. The first-order valence-electron chi connectivity index (χ1n) is 13.6. The Balaban J connectivity index is 1.56. The molecule has 0 spiro atoms. The zero-order valence-corrected chi connectivity index (χ0v) is 24.1. The molecule has 0 saturated heterocycles. The second-order valence-corrected chi connectivity index (χ2v) is 10.9. The van der Waals surface area contributed by atoms with Crippen molar-refractivity contribution in [1.29, 1.82) is 0 Å². The fraction of sp³-hybridized carbons (Fsp3) is 0.156. The molecule has 0 saturated carbocycles. The smallest absolute Gasteiger partial charge is 0.255 e. The molecule has 6 rings (SSSR count). The van der Waals surface area contributed by atoms with E-state index in [4.69, 9.17) is 8.83 Å². The van der Waals surface area contributed by atoms with E-state index in [-0.39, 0.29) is 23.8 Å². The molecule has 3 heterocycles. The van der Waals surface area contributed by atoms with E-state index < -0.39 is 17.1 Å². The maximum absolute atomic E-state index is 13.7. The number of pyridine rings is 1. The van der Waals surface area contributed by atoms with E-state index in [1.165, 1.54) is 23.5 Å². The van der Waals surface area contributed by atoms with Gasteiger partial charge in [0.05, 0.1) is 5.56 Å². The summed E-state index contributed by atoms with van der Waals surface area (Å²) in [6, 6.07) is 20.3. The number of carbonyl (C=O) groups is 1. The zero-order chi connectivity index (χ0) is 30.1. The summed E-state index contributed by atoms with van der Waals surface area (Å²) in [4.78, 5) is 22.0. The van der Waals surface area contributed by atoms with Crippen molar-refractivity contribution in [3.63, 3.8) is 0 Å². The standard InChI is InChI=1S/C32H27FN4O5S/c1-3-14-37(43(39)40)18-22-16-27-25(28(31(38)34-2)29(41-27)19-9-11-23(33)12-10-19)17-24(22)20-6-4-7-21(15-20)32-36-30-26(42-32)8-5-13-35-30/h4-13,15-17H,3,14,18H2,1-2H3,(H,34,38)(H,39,40)/p-1. The van der Waals surface area contributed by atoms with Gasteiger partial charge in [-0.15, -0.1) is 0 Å². The van der Waals surface area contributed by atoms with Crippen LogP contribution >= 0.6 is 0 Å². The number of carbonyl (C=O) groups excluding carboxylic acids is 1. The Morgan fingerprint density at radius 3 is 2.51 bits per heavy atom. The summed E-state index contributed by atoms with van der Waals surface area (Å²) in [6.07, 6.45) is 2.27. The van der Waals surface area contributed by atoms with E-state index in [0.29, 0.717) is 63.3 Å². The summed E-state index contributed by atoms with van der Waals surface area (Å²) in [5, 5.41) is 3.20. The van der Waals surface area contributed by atoms with Gasteiger partial charge in [-0.05, 0) is 83.8 Å². The highest BCUT2D eigenvalue weighted by atomic mass is 32.2. The maximum Gasteiger partial charge on any atom is 0.255 e. The molecule has 11 heteroatoms. The molecule has 0 radical (unpaired) electrons. The summed E-state index contributed by atoms with van der Waals surface area (Å²) in [5.74, 6) is -0.123. The van der Waals surface area contributed by atoms with Crippen molar-refractivity contribution in [2.75, 3.05) is 13.6 Å². The Morgan fingerprint density at radius 1 is 1.00 bits per heavy atom. The third-order valence-corrected chi connectivity index (χ3v) is 7.82. The molecule has 0 bridgehead atoms. The van der Waals surface area contributed by atoms with Gasteiger partial charge in [-0.2, -0.15) is 4.98 Å². The topological polar surface area (TPSA) is 125 Å². The second-order valence-electron chi connectivity index (χ2n) is 9.90. The molecule has 1 atom stereocenters. The molecule has 1 amide bonds. The molecule has 9 nitrogen and oxygen atoms in total. The van der Waals surface area contributed by atoms with Crippen molar-refractivity contribution in [2.45, 2.75) is 19.9 Å². The van der Waals surface area contributed by atoms with Crippen LogP contribution in [0.15, 0.2) is 87.8 Å². The predicted octanol–water partition coefficient (Wildman–Crippen LogP) is 6.47. The molecule has 1 N–H and O–H groups in total. The molecule has 6 aromatic rings. The van der Waals surface area contributed by atoms with Crippen molar-refractivity contribution in [3.05, 3.63) is 95.9 Å². The highest BCUT2D eigenvalue weighted by Gasteiger charge is 2.24. The fourth-order valence-corrected chi connectivity index (χ4v) is 5.67. The molecule has 3 aromatic heterocycles. The first-order chi connectivity index (χ1) is 20.9. The lowest BCUT2D eigenvalue weighted by Crippen LogP contribution is -2.26. The number of halogens is 1. The number of furan rings is 1. The quantitative estimate of drug-likeness (QED) is 0.189. The Hall–Kier alpha value is -4.71. The molecule has 0 aliphatic rings. The summed E-state index contributed by atoms with van der Waals surface area (Å²) >= 11 is -2.46. The van der Waals surface area contributed by atoms with Crippen molar-refractivity contribution in [2.24, 2.45) is 0 Å². The Morgan fingerprint density at radius 2 is 1.79 bits per heavy atom. The summed E-state index contributed by atoms with van der Waals surface area (Å²) in [7, 11) is 1.52. The molecule has 43 heavy (non-hydrogen) atoms. The van der Waals surface area contributed by atoms with E-state index in [1.807, 2.05) is 37.3 Å². The van der Waals surface area contributed by atoms with Crippen LogP contribution in [0.3, 0.4) is 0 Å². The van der Waals surface area contributed by atoms with Gasteiger partial charge < -0.3 is 18.7 Å². The highest BCUT2D eigenvalue weighted by molar-refractivity contribution is 7.76. The number of amides is 1. The van der Waals surface area contributed by atoms with Crippen LogP contribution in [0.25, 0.3) is 56.1 Å². The van der Waals surface area contributed by atoms with Gasteiger partial charge in [0.1, 0.15) is 17.2 Å². The van der Waals surface area contributed by atoms with E-state index in [1.54, 1.807) is 36.5 Å². The minimum absolute atomic E-state index is 0.0775. The highest BCUT2D eigenvalue weighted by Crippen LogP contribution is 2.39. The van der Waals surface area contributed by atoms with Crippen LogP contribution in [0.5, 0.6) is 0 Å². The minimum Gasteiger partial charge on any atom is -0.760 e. The number of rotatable bonds is 9. The van der Waals surface area contributed by atoms with Gasteiger partial charge in [0.25, 0.3) is 5.91 Å². The fourth-order valence-electron chi connectivity index (χ4n) is 5.10. The number of oxazole rings is 1. The van der Waals surface area contributed by atoms with Gasteiger partial charge in [0.2, 0.25) is 5.89 Å². The minimum atomic E-state index is -2.46. The van der Waals surface area contributed by atoms with Crippen LogP contribution in [0, 0.1) is 5.82 Å². The molecule has 0 fully saturated rings. The number of nitrogens with one attached hydrogen (secondary N) is 1. The average Bonchev–Trinajstić information content (AvgIpc) is 3.62. The van der Waals surface area contributed by atoms with Gasteiger partial charge in [-0.25, -0.2) is 13.7 Å². The Bertz CT molecular complexity index is 1950.